The zero-order chi connectivity index (χ0) is 13.0. The van der Waals surface area contributed by atoms with Crippen LogP contribution in [0.2, 0.25) is 0 Å². The van der Waals surface area contributed by atoms with E-state index in [1.165, 1.54) is 0 Å². The SMILES string of the molecule is COCc1nc(N(C)Cc2cscn2)sc1CN. The molecule has 0 aliphatic carbocycles. The van der Waals surface area contributed by atoms with E-state index in [0.29, 0.717) is 13.2 Å². The smallest absolute Gasteiger partial charge is 0.186 e. The first-order chi connectivity index (χ1) is 8.74. The Hall–Kier alpha value is -1.02. The summed E-state index contributed by atoms with van der Waals surface area (Å²) in [5.74, 6) is 0. The first kappa shape index (κ1) is 13.4. The average molecular weight is 284 g/mol. The van der Waals surface area contributed by atoms with E-state index >= 15 is 0 Å². The zero-order valence-electron chi connectivity index (χ0n) is 10.4. The van der Waals surface area contributed by atoms with Gasteiger partial charge in [0, 0.05) is 31.0 Å². The van der Waals surface area contributed by atoms with Crippen molar-refractivity contribution >= 4 is 27.8 Å². The molecular formula is C11H16N4OS2. The van der Waals surface area contributed by atoms with Crippen molar-refractivity contribution in [1.29, 1.82) is 0 Å². The average Bonchev–Trinajstić information content (AvgIpc) is 2.98. The number of hydrogen-bond acceptors (Lipinski definition) is 7. The van der Waals surface area contributed by atoms with E-state index in [1.54, 1.807) is 29.8 Å². The Morgan fingerprint density at radius 1 is 1.50 bits per heavy atom. The van der Waals surface area contributed by atoms with Gasteiger partial charge in [0.05, 0.1) is 30.1 Å². The number of hydrogen-bond donors (Lipinski definition) is 1. The van der Waals surface area contributed by atoms with E-state index in [0.717, 1.165) is 27.9 Å². The quantitative estimate of drug-likeness (QED) is 0.877. The molecule has 0 amide bonds. The van der Waals surface area contributed by atoms with Gasteiger partial charge in [-0.25, -0.2) is 9.97 Å². The van der Waals surface area contributed by atoms with E-state index in [9.17, 15) is 0 Å². The van der Waals surface area contributed by atoms with Crippen LogP contribution in [0.1, 0.15) is 16.3 Å². The van der Waals surface area contributed by atoms with Crippen LogP contribution in [0, 0.1) is 0 Å². The largest absolute Gasteiger partial charge is 0.378 e. The van der Waals surface area contributed by atoms with Crippen molar-refractivity contribution in [2.75, 3.05) is 19.1 Å². The summed E-state index contributed by atoms with van der Waals surface area (Å²) in [6.07, 6.45) is 0. The predicted molar refractivity (Wildman–Crippen MR) is 74.9 cm³/mol. The van der Waals surface area contributed by atoms with Crippen molar-refractivity contribution in [3.8, 4) is 0 Å². The molecule has 0 unspecified atom stereocenters. The molecule has 0 aromatic carbocycles. The van der Waals surface area contributed by atoms with Gasteiger partial charge in [-0.05, 0) is 0 Å². The third kappa shape index (κ3) is 3.05. The maximum atomic E-state index is 5.72. The summed E-state index contributed by atoms with van der Waals surface area (Å²) in [5.41, 5.74) is 9.55. The molecule has 0 saturated carbocycles. The second-order valence-electron chi connectivity index (χ2n) is 3.84. The molecule has 0 spiro atoms. The summed E-state index contributed by atoms with van der Waals surface area (Å²) in [6.45, 7) is 1.77. The molecule has 7 heteroatoms. The Morgan fingerprint density at radius 2 is 2.33 bits per heavy atom. The van der Waals surface area contributed by atoms with Gasteiger partial charge in [0.1, 0.15) is 0 Å². The number of thiazole rings is 2. The molecule has 0 aliphatic heterocycles. The first-order valence-electron chi connectivity index (χ1n) is 5.50. The molecule has 2 aromatic heterocycles. The second-order valence-corrected chi connectivity index (χ2v) is 5.62. The first-order valence-corrected chi connectivity index (χ1v) is 7.26. The van der Waals surface area contributed by atoms with Gasteiger partial charge in [0.25, 0.3) is 0 Å². The van der Waals surface area contributed by atoms with Crippen LogP contribution in [-0.4, -0.2) is 24.1 Å². The van der Waals surface area contributed by atoms with Gasteiger partial charge in [-0.1, -0.05) is 0 Å². The Labute approximate surface area is 114 Å². The fourth-order valence-corrected chi connectivity index (χ4v) is 3.02. The summed E-state index contributed by atoms with van der Waals surface area (Å²) in [4.78, 5) is 12.0. The number of rotatable bonds is 6. The lowest BCUT2D eigenvalue weighted by molar-refractivity contribution is 0.181. The van der Waals surface area contributed by atoms with Gasteiger partial charge in [0.2, 0.25) is 0 Å². The monoisotopic (exact) mass is 284 g/mol. The Bertz CT molecular complexity index is 483. The van der Waals surface area contributed by atoms with Gasteiger partial charge >= 0.3 is 0 Å². The van der Waals surface area contributed by atoms with Crippen molar-refractivity contribution in [3.63, 3.8) is 0 Å². The fraction of sp³-hybridized carbons (Fsp3) is 0.455. The molecule has 2 rings (SSSR count). The van der Waals surface area contributed by atoms with E-state index in [2.05, 4.69) is 14.9 Å². The van der Waals surface area contributed by atoms with Gasteiger partial charge in [-0.3, -0.25) is 0 Å². The molecule has 0 saturated heterocycles. The van der Waals surface area contributed by atoms with Crippen LogP contribution >= 0.6 is 22.7 Å². The molecule has 5 nitrogen and oxygen atoms in total. The van der Waals surface area contributed by atoms with E-state index in [1.807, 2.05) is 17.9 Å². The number of ether oxygens (including phenoxy) is 1. The maximum Gasteiger partial charge on any atom is 0.186 e. The molecule has 0 aliphatic rings. The van der Waals surface area contributed by atoms with Crippen molar-refractivity contribution in [2.24, 2.45) is 5.73 Å². The lowest BCUT2D eigenvalue weighted by atomic mass is 10.4. The predicted octanol–water partition coefficient (Wildman–Crippen LogP) is 1.84. The zero-order valence-corrected chi connectivity index (χ0v) is 12.1. The second kappa shape index (κ2) is 6.24. The van der Waals surface area contributed by atoms with E-state index in [4.69, 9.17) is 10.5 Å². The van der Waals surface area contributed by atoms with Gasteiger partial charge < -0.3 is 15.4 Å². The van der Waals surface area contributed by atoms with Crippen LogP contribution in [0.3, 0.4) is 0 Å². The molecule has 18 heavy (non-hydrogen) atoms. The van der Waals surface area contributed by atoms with Crippen molar-refractivity contribution < 1.29 is 4.74 Å². The molecule has 0 radical (unpaired) electrons. The molecule has 0 bridgehead atoms. The highest BCUT2D eigenvalue weighted by Gasteiger charge is 2.13. The molecule has 2 N–H and O–H groups in total. The van der Waals surface area contributed by atoms with Crippen LogP contribution in [0.5, 0.6) is 0 Å². The Balaban J connectivity index is 2.12. The van der Waals surface area contributed by atoms with Crippen molar-refractivity contribution in [3.05, 3.63) is 27.2 Å². The number of anilines is 1. The van der Waals surface area contributed by atoms with Gasteiger partial charge in [-0.2, -0.15) is 0 Å². The summed E-state index contributed by atoms with van der Waals surface area (Å²) in [5, 5.41) is 3.00. The third-order valence-electron chi connectivity index (χ3n) is 2.44. The molecule has 2 heterocycles. The lowest BCUT2D eigenvalue weighted by Gasteiger charge is -2.13. The van der Waals surface area contributed by atoms with Crippen molar-refractivity contribution in [2.45, 2.75) is 19.7 Å². The fourth-order valence-electron chi connectivity index (χ4n) is 1.57. The topological polar surface area (TPSA) is 64.3 Å². The molecular weight excluding hydrogens is 268 g/mol. The molecule has 0 atom stereocenters. The van der Waals surface area contributed by atoms with Crippen LogP contribution in [0.15, 0.2) is 10.9 Å². The standard InChI is InChI=1S/C11H16N4OS2/c1-15(4-8-6-17-7-13-8)11-14-9(5-16-2)10(3-12)18-11/h6-7H,3-5,12H2,1-2H3. The molecule has 0 fully saturated rings. The molecule has 98 valence electrons. The summed E-state index contributed by atoms with van der Waals surface area (Å²) in [6, 6.07) is 0. The molecule has 2 aromatic rings. The lowest BCUT2D eigenvalue weighted by Crippen LogP contribution is -2.16. The van der Waals surface area contributed by atoms with Crippen LogP contribution in [0.25, 0.3) is 0 Å². The highest BCUT2D eigenvalue weighted by atomic mass is 32.1. The highest BCUT2D eigenvalue weighted by molar-refractivity contribution is 7.15. The minimum atomic E-state index is 0.501. The van der Waals surface area contributed by atoms with Gasteiger partial charge in [-0.15, -0.1) is 22.7 Å². The maximum absolute atomic E-state index is 5.72. The summed E-state index contributed by atoms with van der Waals surface area (Å²) in [7, 11) is 3.67. The Kier molecular flexibility index (Phi) is 4.65. The van der Waals surface area contributed by atoms with Crippen LogP contribution in [-0.2, 0) is 24.4 Å². The van der Waals surface area contributed by atoms with E-state index < -0.39 is 0 Å². The third-order valence-corrected chi connectivity index (χ3v) is 4.31. The number of nitrogens with two attached hydrogens (primary N) is 1. The minimum Gasteiger partial charge on any atom is -0.378 e. The number of aromatic nitrogens is 2. The number of nitrogens with zero attached hydrogens (tertiary/aromatic N) is 3. The Morgan fingerprint density at radius 3 is 2.94 bits per heavy atom. The summed E-state index contributed by atoms with van der Waals surface area (Å²) < 4.78 is 5.13. The normalized spacial score (nSPS) is 10.8. The number of methoxy groups -OCH3 is 1. The summed E-state index contributed by atoms with van der Waals surface area (Å²) >= 11 is 3.22. The van der Waals surface area contributed by atoms with Crippen molar-refractivity contribution in [1.82, 2.24) is 9.97 Å². The minimum absolute atomic E-state index is 0.501. The van der Waals surface area contributed by atoms with E-state index in [-0.39, 0.29) is 0 Å². The highest BCUT2D eigenvalue weighted by Crippen LogP contribution is 2.26. The van der Waals surface area contributed by atoms with Crippen LogP contribution < -0.4 is 10.6 Å². The van der Waals surface area contributed by atoms with Crippen LogP contribution in [0.4, 0.5) is 5.13 Å². The van der Waals surface area contributed by atoms with Gasteiger partial charge in [0.15, 0.2) is 5.13 Å².